The lowest BCUT2D eigenvalue weighted by Crippen LogP contribution is -2.00. The monoisotopic (exact) mass is 236 g/mol. The molecule has 0 unspecified atom stereocenters. The van der Waals surface area contributed by atoms with Crippen LogP contribution in [0.25, 0.3) is 10.9 Å². The van der Waals surface area contributed by atoms with E-state index in [2.05, 4.69) is 9.55 Å². The maximum absolute atomic E-state index is 11.1. The van der Waals surface area contributed by atoms with Gasteiger partial charge in [-0.1, -0.05) is 18.2 Å². The Bertz CT molecular complexity index is 686. The van der Waals surface area contributed by atoms with Gasteiger partial charge in [-0.2, -0.15) is 0 Å². The average molecular weight is 236 g/mol. The molecule has 2 heterocycles. The topological polar surface area (TPSA) is 34.9 Å². The molecule has 0 saturated heterocycles. The van der Waals surface area contributed by atoms with Crippen LogP contribution in [0.4, 0.5) is 0 Å². The van der Waals surface area contributed by atoms with Crippen LogP contribution in [0.3, 0.4) is 0 Å². The van der Waals surface area contributed by atoms with Crippen molar-refractivity contribution in [3.63, 3.8) is 0 Å². The van der Waals surface area contributed by atoms with Crippen LogP contribution in [0, 0.1) is 0 Å². The van der Waals surface area contributed by atoms with Gasteiger partial charge in [-0.05, 0) is 23.8 Å². The van der Waals surface area contributed by atoms with E-state index in [1.54, 1.807) is 6.20 Å². The van der Waals surface area contributed by atoms with Gasteiger partial charge >= 0.3 is 0 Å². The molecule has 0 saturated carbocycles. The van der Waals surface area contributed by atoms with E-state index in [9.17, 15) is 4.79 Å². The van der Waals surface area contributed by atoms with Crippen LogP contribution in [-0.4, -0.2) is 15.8 Å². The first-order valence-electron chi connectivity index (χ1n) is 5.80. The molecule has 18 heavy (non-hydrogen) atoms. The highest BCUT2D eigenvalue weighted by Crippen LogP contribution is 2.20. The van der Waals surface area contributed by atoms with Crippen molar-refractivity contribution in [3.05, 3.63) is 66.1 Å². The normalized spacial score (nSPS) is 10.7. The Kier molecular flexibility index (Phi) is 2.65. The molecule has 2 aromatic heterocycles. The van der Waals surface area contributed by atoms with E-state index >= 15 is 0 Å². The van der Waals surface area contributed by atoms with Gasteiger partial charge in [0.1, 0.15) is 0 Å². The summed E-state index contributed by atoms with van der Waals surface area (Å²) in [6.45, 7) is 0.724. The van der Waals surface area contributed by atoms with Crippen molar-refractivity contribution in [1.29, 1.82) is 0 Å². The van der Waals surface area contributed by atoms with E-state index in [1.807, 2.05) is 48.8 Å². The summed E-state index contributed by atoms with van der Waals surface area (Å²) in [5, 5.41) is 1.09. The van der Waals surface area contributed by atoms with E-state index in [4.69, 9.17) is 0 Å². The number of benzene rings is 1. The molecule has 0 aliphatic heterocycles. The van der Waals surface area contributed by atoms with E-state index in [1.165, 1.54) is 0 Å². The predicted molar refractivity (Wildman–Crippen MR) is 70.7 cm³/mol. The van der Waals surface area contributed by atoms with Crippen LogP contribution < -0.4 is 0 Å². The number of aldehydes is 1. The number of carbonyl (C=O) groups is 1. The van der Waals surface area contributed by atoms with Crippen molar-refractivity contribution in [2.45, 2.75) is 6.54 Å². The zero-order chi connectivity index (χ0) is 12.4. The molecule has 0 atom stereocenters. The fraction of sp³-hybridized carbons (Fsp3) is 0.0667. The maximum Gasteiger partial charge on any atom is 0.152 e. The highest BCUT2D eigenvalue weighted by Gasteiger charge is 2.06. The highest BCUT2D eigenvalue weighted by atomic mass is 16.1. The second-order valence-electron chi connectivity index (χ2n) is 4.21. The zero-order valence-electron chi connectivity index (χ0n) is 9.78. The van der Waals surface area contributed by atoms with Crippen molar-refractivity contribution in [3.8, 4) is 0 Å². The first kappa shape index (κ1) is 10.7. The lowest BCUT2D eigenvalue weighted by molar-refractivity contribution is 0.112. The Hall–Kier alpha value is -2.42. The smallest absolute Gasteiger partial charge is 0.152 e. The molecular weight excluding hydrogens is 224 g/mol. The van der Waals surface area contributed by atoms with Crippen LogP contribution >= 0.6 is 0 Å². The van der Waals surface area contributed by atoms with Crippen molar-refractivity contribution >= 4 is 17.2 Å². The molecule has 0 aliphatic rings. The fourth-order valence-corrected chi connectivity index (χ4v) is 2.21. The van der Waals surface area contributed by atoms with Crippen molar-refractivity contribution in [2.75, 3.05) is 0 Å². The first-order valence-corrected chi connectivity index (χ1v) is 5.80. The van der Waals surface area contributed by atoms with Gasteiger partial charge in [-0.25, -0.2) is 0 Å². The molecule has 0 fully saturated rings. The van der Waals surface area contributed by atoms with Crippen molar-refractivity contribution < 1.29 is 4.79 Å². The third kappa shape index (κ3) is 1.80. The molecule has 0 amide bonds. The van der Waals surface area contributed by atoms with Gasteiger partial charge in [0.25, 0.3) is 0 Å². The standard InChI is InChI=1S/C15H12N2O/c18-11-14-5-1-4-13-6-8-17(15(13)14)10-12-3-2-7-16-9-12/h1-9,11H,10H2. The predicted octanol–water partition coefficient (Wildman–Crippen LogP) is 2.90. The number of aromatic nitrogens is 2. The Balaban J connectivity index is 2.10. The SMILES string of the molecule is O=Cc1cccc2ccn(Cc3cccnc3)c12. The Morgan fingerprint density at radius 1 is 1.17 bits per heavy atom. The number of pyridine rings is 1. The molecule has 88 valence electrons. The molecule has 3 nitrogen and oxygen atoms in total. The number of hydrogen-bond acceptors (Lipinski definition) is 2. The van der Waals surface area contributed by atoms with Gasteiger partial charge < -0.3 is 4.57 Å². The number of para-hydroxylation sites is 1. The van der Waals surface area contributed by atoms with Gasteiger partial charge in [0, 0.05) is 36.1 Å². The van der Waals surface area contributed by atoms with E-state index in [-0.39, 0.29) is 0 Å². The van der Waals surface area contributed by atoms with Crippen LogP contribution in [0.15, 0.2) is 55.0 Å². The first-order chi connectivity index (χ1) is 8.88. The lowest BCUT2D eigenvalue weighted by atomic mass is 10.1. The molecule has 1 aromatic carbocycles. The van der Waals surface area contributed by atoms with Gasteiger partial charge in [-0.15, -0.1) is 0 Å². The largest absolute Gasteiger partial charge is 0.342 e. The molecular formula is C15H12N2O. The highest BCUT2D eigenvalue weighted by molar-refractivity contribution is 5.96. The van der Waals surface area contributed by atoms with Crippen molar-refractivity contribution in [1.82, 2.24) is 9.55 Å². The van der Waals surface area contributed by atoms with E-state index in [0.717, 1.165) is 34.9 Å². The molecule has 3 aromatic rings. The van der Waals surface area contributed by atoms with Gasteiger partial charge in [0.2, 0.25) is 0 Å². The Labute approximate surface area is 105 Å². The number of carbonyl (C=O) groups excluding carboxylic acids is 1. The molecule has 0 spiro atoms. The van der Waals surface area contributed by atoms with Crippen LogP contribution in [0.5, 0.6) is 0 Å². The van der Waals surface area contributed by atoms with Crippen LogP contribution in [0.2, 0.25) is 0 Å². The van der Waals surface area contributed by atoms with E-state index in [0.29, 0.717) is 0 Å². The fourth-order valence-electron chi connectivity index (χ4n) is 2.21. The zero-order valence-corrected chi connectivity index (χ0v) is 9.78. The minimum atomic E-state index is 0.724. The molecule has 0 bridgehead atoms. The summed E-state index contributed by atoms with van der Waals surface area (Å²) in [6.07, 6.45) is 6.51. The molecule has 0 N–H and O–H groups in total. The van der Waals surface area contributed by atoms with Gasteiger partial charge in [0.15, 0.2) is 6.29 Å². The number of hydrogen-bond donors (Lipinski definition) is 0. The minimum absolute atomic E-state index is 0.724. The summed E-state index contributed by atoms with van der Waals surface area (Å²) in [4.78, 5) is 15.2. The molecule has 0 aliphatic carbocycles. The van der Waals surface area contributed by atoms with Crippen LogP contribution in [-0.2, 0) is 6.54 Å². The number of rotatable bonds is 3. The molecule has 3 heteroatoms. The molecule has 0 radical (unpaired) electrons. The number of fused-ring (bicyclic) bond motifs is 1. The Morgan fingerprint density at radius 2 is 2.11 bits per heavy atom. The quantitative estimate of drug-likeness (QED) is 0.655. The van der Waals surface area contributed by atoms with Crippen LogP contribution in [0.1, 0.15) is 15.9 Å². The average Bonchev–Trinajstić information content (AvgIpc) is 2.83. The lowest BCUT2D eigenvalue weighted by Gasteiger charge is -2.06. The maximum atomic E-state index is 11.1. The summed E-state index contributed by atoms with van der Waals surface area (Å²) in [5.74, 6) is 0. The number of nitrogens with zero attached hydrogens (tertiary/aromatic N) is 2. The second kappa shape index (κ2) is 4.45. The van der Waals surface area contributed by atoms with Crippen molar-refractivity contribution in [2.24, 2.45) is 0 Å². The van der Waals surface area contributed by atoms with E-state index < -0.39 is 0 Å². The third-order valence-corrected chi connectivity index (χ3v) is 3.02. The summed E-state index contributed by atoms with van der Waals surface area (Å²) < 4.78 is 2.08. The Morgan fingerprint density at radius 3 is 2.89 bits per heavy atom. The summed E-state index contributed by atoms with van der Waals surface area (Å²) in [5.41, 5.74) is 2.83. The van der Waals surface area contributed by atoms with Gasteiger partial charge in [0.05, 0.1) is 5.52 Å². The van der Waals surface area contributed by atoms with Gasteiger partial charge in [-0.3, -0.25) is 9.78 Å². The summed E-state index contributed by atoms with van der Waals surface area (Å²) in [6, 6.07) is 11.7. The summed E-state index contributed by atoms with van der Waals surface area (Å²) in [7, 11) is 0. The summed E-state index contributed by atoms with van der Waals surface area (Å²) >= 11 is 0. The molecule has 3 rings (SSSR count). The second-order valence-corrected chi connectivity index (χ2v) is 4.21. The minimum Gasteiger partial charge on any atom is -0.342 e. The third-order valence-electron chi connectivity index (χ3n) is 3.02.